The minimum atomic E-state index is -1.14. The Morgan fingerprint density at radius 2 is 1.00 bits per heavy atom. The van der Waals surface area contributed by atoms with E-state index in [1.54, 1.807) is 6.92 Å². The number of carbonyl (C=O) groups excluding carboxylic acids is 1. The van der Waals surface area contributed by atoms with Crippen molar-refractivity contribution in [2.75, 3.05) is 26.2 Å². The summed E-state index contributed by atoms with van der Waals surface area (Å²) in [6.45, 7) is 8.98. The van der Waals surface area contributed by atoms with Crippen LogP contribution in [-0.4, -0.2) is 58.8 Å². The third-order valence-electron chi connectivity index (χ3n) is 8.23. The first-order valence-corrected chi connectivity index (χ1v) is 15.8. The maximum Gasteiger partial charge on any atom is 0.312 e. The standard InChI is InChI=1S/C32H59NO6/c1-5-9-10-11-12-13-14-15-16-17-18-19-20-21-22-23-33(24-27(6-2)30(34)35,25-28(7-3)31(36)37)26-29(8-4)32(38)39/h16-17,27-29H,5-15,18-26H2,1-4H3,(H2-,34,35,36,37,38,39)/b17-16+. The molecular weight excluding hydrogens is 494 g/mol. The lowest BCUT2D eigenvalue weighted by Crippen LogP contribution is -2.59. The maximum atomic E-state index is 11.9. The van der Waals surface area contributed by atoms with E-state index in [2.05, 4.69) is 19.1 Å². The summed E-state index contributed by atoms with van der Waals surface area (Å²) < 4.78 is 0.209. The molecule has 0 fully saturated rings. The van der Waals surface area contributed by atoms with Crippen LogP contribution in [0, 0.1) is 17.8 Å². The van der Waals surface area contributed by atoms with Gasteiger partial charge >= 0.3 is 11.9 Å². The van der Waals surface area contributed by atoms with Gasteiger partial charge in [-0.2, -0.15) is 0 Å². The normalized spacial score (nSPS) is 15.6. The lowest BCUT2D eigenvalue weighted by Gasteiger charge is -2.44. The molecule has 0 bridgehead atoms. The van der Waals surface area contributed by atoms with Crippen LogP contribution in [0.5, 0.6) is 0 Å². The van der Waals surface area contributed by atoms with Gasteiger partial charge in [-0.25, -0.2) is 0 Å². The average molecular weight is 554 g/mol. The minimum absolute atomic E-state index is 0.209. The fraction of sp³-hybridized carbons (Fsp3) is 0.844. The Hall–Kier alpha value is -1.89. The number of hydrogen-bond donors (Lipinski definition) is 2. The van der Waals surface area contributed by atoms with Crippen molar-refractivity contribution in [2.24, 2.45) is 17.8 Å². The first kappa shape index (κ1) is 37.1. The van der Waals surface area contributed by atoms with Crippen LogP contribution in [0.15, 0.2) is 12.2 Å². The Kier molecular flexibility index (Phi) is 21.8. The number of nitrogens with zero attached hydrogens (tertiary/aromatic N) is 1. The molecule has 2 N–H and O–H groups in total. The zero-order valence-corrected chi connectivity index (χ0v) is 25.5. The zero-order valence-electron chi connectivity index (χ0n) is 25.5. The van der Waals surface area contributed by atoms with Gasteiger partial charge in [-0.1, -0.05) is 84.8 Å². The van der Waals surface area contributed by atoms with Crippen molar-refractivity contribution in [2.45, 2.75) is 130 Å². The van der Waals surface area contributed by atoms with Crippen LogP contribution in [0.1, 0.15) is 130 Å². The minimum Gasteiger partial charge on any atom is -0.550 e. The van der Waals surface area contributed by atoms with E-state index in [0.717, 1.165) is 38.5 Å². The number of hydrogen-bond acceptors (Lipinski definition) is 4. The first-order valence-electron chi connectivity index (χ1n) is 15.8. The van der Waals surface area contributed by atoms with Gasteiger partial charge in [0.25, 0.3) is 0 Å². The van der Waals surface area contributed by atoms with Crippen LogP contribution in [0.4, 0.5) is 0 Å². The summed E-state index contributed by atoms with van der Waals surface area (Å²) in [6, 6.07) is 0. The molecule has 7 nitrogen and oxygen atoms in total. The number of carbonyl (C=O) groups is 3. The van der Waals surface area contributed by atoms with Crippen molar-refractivity contribution in [3.8, 4) is 0 Å². The highest BCUT2D eigenvalue weighted by atomic mass is 16.4. The molecule has 228 valence electrons. The van der Waals surface area contributed by atoms with Crippen LogP contribution < -0.4 is 5.11 Å². The molecule has 0 rings (SSSR count). The molecule has 0 aromatic carbocycles. The Bertz CT molecular complexity index is 632. The molecule has 7 heteroatoms. The molecule has 0 radical (unpaired) electrons. The van der Waals surface area contributed by atoms with Crippen LogP contribution in [0.2, 0.25) is 0 Å². The topological polar surface area (TPSA) is 115 Å². The lowest BCUT2D eigenvalue weighted by molar-refractivity contribution is -0.935. The number of carboxylic acids is 3. The van der Waals surface area contributed by atoms with Gasteiger partial charge < -0.3 is 24.6 Å². The Balaban J connectivity index is 5.00. The van der Waals surface area contributed by atoms with Crippen molar-refractivity contribution in [1.82, 2.24) is 0 Å². The largest absolute Gasteiger partial charge is 0.550 e. The highest BCUT2D eigenvalue weighted by molar-refractivity contribution is 5.70. The molecule has 3 unspecified atom stereocenters. The Labute approximate surface area is 238 Å². The average Bonchev–Trinajstić information content (AvgIpc) is 2.90. The predicted molar refractivity (Wildman–Crippen MR) is 156 cm³/mol. The third kappa shape index (κ3) is 17.4. The smallest absolute Gasteiger partial charge is 0.312 e. The molecule has 0 saturated carbocycles. The summed E-state index contributed by atoms with van der Waals surface area (Å²) in [5, 5.41) is 31.4. The number of allylic oxidation sites excluding steroid dienone is 2. The van der Waals surface area contributed by atoms with Crippen molar-refractivity contribution in [1.29, 1.82) is 0 Å². The van der Waals surface area contributed by atoms with Crippen LogP contribution in [0.25, 0.3) is 0 Å². The fourth-order valence-corrected chi connectivity index (χ4v) is 5.55. The summed E-state index contributed by atoms with van der Waals surface area (Å²) in [5.41, 5.74) is 0. The van der Waals surface area contributed by atoms with Gasteiger partial charge in [0, 0.05) is 5.92 Å². The summed E-state index contributed by atoms with van der Waals surface area (Å²) >= 11 is 0. The zero-order chi connectivity index (χ0) is 29.5. The van der Waals surface area contributed by atoms with Gasteiger partial charge in [0.15, 0.2) is 0 Å². The van der Waals surface area contributed by atoms with E-state index in [4.69, 9.17) is 0 Å². The van der Waals surface area contributed by atoms with Crippen LogP contribution >= 0.6 is 0 Å². The van der Waals surface area contributed by atoms with Gasteiger partial charge in [-0.05, 0) is 57.8 Å². The van der Waals surface area contributed by atoms with E-state index in [1.807, 2.05) is 13.8 Å². The molecule has 0 aliphatic rings. The van der Waals surface area contributed by atoms with Crippen LogP contribution in [0.3, 0.4) is 0 Å². The summed E-state index contributed by atoms with van der Waals surface area (Å²) in [5.74, 6) is -4.98. The molecule has 0 aromatic heterocycles. The van der Waals surface area contributed by atoms with Gasteiger partial charge in [0.05, 0.1) is 32.1 Å². The number of aliphatic carboxylic acids is 3. The molecule has 0 aromatic rings. The monoisotopic (exact) mass is 553 g/mol. The van der Waals surface area contributed by atoms with Gasteiger partial charge in [0.2, 0.25) is 0 Å². The van der Waals surface area contributed by atoms with E-state index in [9.17, 15) is 29.7 Å². The predicted octanol–water partition coefficient (Wildman–Crippen LogP) is 6.45. The van der Waals surface area contributed by atoms with Gasteiger partial charge in [-0.3, -0.25) is 9.59 Å². The maximum absolute atomic E-state index is 11.9. The quantitative estimate of drug-likeness (QED) is 0.0686. The molecule has 0 aliphatic heterocycles. The van der Waals surface area contributed by atoms with Gasteiger partial charge in [0.1, 0.15) is 11.8 Å². The summed E-state index contributed by atoms with van der Waals surface area (Å²) in [6.07, 6.45) is 21.2. The Morgan fingerprint density at radius 3 is 1.38 bits per heavy atom. The molecule has 3 atom stereocenters. The third-order valence-corrected chi connectivity index (χ3v) is 8.23. The molecule has 39 heavy (non-hydrogen) atoms. The molecule has 0 aliphatic carbocycles. The SMILES string of the molecule is CCCCCCCCC/C=C/CCCCCC[N+](CC(CC)C(=O)[O-])(CC(CC)C(=O)O)CC(CC)C(=O)O. The van der Waals surface area contributed by atoms with Crippen molar-refractivity contribution < 1.29 is 34.2 Å². The van der Waals surface area contributed by atoms with Crippen molar-refractivity contribution in [3.05, 3.63) is 12.2 Å². The van der Waals surface area contributed by atoms with Crippen molar-refractivity contribution >= 4 is 17.9 Å². The second kappa shape index (κ2) is 22.9. The van der Waals surface area contributed by atoms with E-state index in [-0.39, 0.29) is 24.1 Å². The molecule has 0 amide bonds. The second-order valence-electron chi connectivity index (χ2n) is 11.5. The highest BCUT2D eigenvalue weighted by Crippen LogP contribution is 2.25. The van der Waals surface area contributed by atoms with E-state index < -0.39 is 35.7 Å². The molecular formula is C32H59NO6. The van der Waals surface area contributed by atoms with Gasteiger partial charge in [-0.15, -0.1) is 0 Å². The lowest BCUT2D eigenvalue weighted by atomic mass is 9.95. The number of rotatable bonds is 27. The highest BCUT2D eigenvalue weighted by Gasteiger charge is 2.39. The van der Waals surface area contributed by atoms with Crippen LogP contribution in [-0.2, 0) is 14.4 Å². The second-order valence-corrected chi connectivity index (χ2v) is 11.5. The van der Waals surface area contributed by atoms with Crippen molar-refractivity contribution in [3.63, 3.8) is 0 Å². The van der Waals surface area contributed by atoms with E-state index in [1.165, 1.54) is 44.9 Å². The summed E-state index contributed by atoms with van der Waals surface area (Å²) in [7, 11) is 0. The molecule has 0 spiro atoms. The number of quaternary nitrogens is 1. The van der Waals surface area contributed by atoms with E-state index >= 15 is 0 Å². The fourth-order valence-electron chi connectivity index (χ4n) is 5.55. The molecule has 0 saturated heterocycles. The first-order chi connectivity index (χ1) is 18.7. The number of unbranched alkanes of at least 4 members (excludes halogenated alkanes) is 11. The number of carboxylic acid groups (broad SMARTS) is 3. The Morgan fingerprint density at radius 1 is 0.615 bits per heavy atom. The molecule has 0 heterocycles. The van der Waals surface area contributed by atoms with E-state index in [0.29, 0.717) is 25.8 Å². The summed E-state index contributed by atoms with van der Waals surface area (Å²) in [4.78, 5) is 35.7.